The molecule has 0 aliphatic carbocycles. The van der Waals surface area contributed by atoms with Gasteiger partial charge in [0.2, 0.25) is 5.88 Å². The van der Waals surface area contributed by atoms with Crippen molar-refractivity contribution < 1.29 is 14.6 Å². The van der Waals surface area contributed by atoms with E-state index in [0.717, 1.165) is 4.57 Å². The lowest BCUT2D eigenvalue weighted by Gasteiger charge is -2.13. The lowest BCUT2D eigenvalue weighted by molar-refractivity contribution is 0.0954. The number of ether oxygens (including phenoxy) is 1. The van der Waals surface area contributed by atoms with Gasteiger partial charge in [-0.1, -0.05) is 25.1 Å². The summed E-state index contributed by atoms with van der Waals surface area (Å²) >= 11 is 0. The van der Waals surface area contributed by atoms with E-state index in [1.165, 1.54) is 7.11 Å². The van der Waals surface area contributed by atoms with Crippen LogP contribution in [-0.4, -0.2) is 33.4 Å². The van der Waals surface area contributed by atoms with Gasteiger partial charge >= 0.3 is 5.69 Å². The van der Waals surface area contributed by atoms with Crippen molar-refractivity contribution in [2.75, 3.05) is 7.11 Å². The Balaban J connectivity index is 2.04. The van der Waals surface area contributed by atoms with Gasteiger partial charge in [0, 0.05) is 5.56 Å². The number of hydrogen-bond donors (Lipinski definition) is 3. The van der Waals surface area contributed by atoms with E-state index in [-0.39, 0.29) is 17.7 Å². The van der Waals surface area contributed by atoms with Gasteiger partial charge in [0.15, 0.2) is 0 Å². The Morgan fingerprint density at radius 2 is 1.80 bits per heavy atom. The second-order valence-electron chi connectivity index (χ2n) is 6.21. The fourth-order valence-corrected chi connectivity index (χ4v) is 2.84. The molecule has 154 valence electrons. The van der Waals surface area contributed by atoms with Crippen LogP contribution >= 0.6 is 0 Å². The van der Waals surface area contributed by atoms with Gasteiger partial charge in [-0.3, -0.25) is 14.6 Å². The van der Waals surface area contributed by atoms with Crippen LogP contribution in [0.25, 0.3) is 5.69 Å². The van der Waals surface area contributed by atoms with Gasteiger partial charge in [0.1, 0.15) is 11.3 Å². The first-order valence-electron chi connectivity index (χ1n) is 9.11. The zero-order valence-electron chi connectivity index (χ0n) is 16.4. The fourth-order valence-electron chi connectivity index (χ4n) is 2.84. The first-order chi connectivity index (χ1) is 14.5. The van der Waals surface area contributed by atoms with E-state index in [4.69, 9.17) is 4.74 Å². The highest BCUT2D eigenvalue weighted by molar-refractivity contribution is 6.03. The van der Waals surface area contributed by atoms with Gasteiger partial charge in [-0.25, -0.2) is 14.8 Å². The van der Waals surface area contributed by atoms with Crippen LogP contribution < -0.4 is 21.4 Å². The minimum atomic E-state index is -0.810. The summed E-state index contributed by atoms with van der Waals surface area (Å²) in [6.07, 6.45) is 0.215. The third-order valence-electron chi connectivity index (χ3n) is 4.37. The summed E-state index contributed by atoms with van der Waals surface area (Å²) in [5.74, 6) is -0.486. The molecule has 1 amide bonds. The maximum atomic E-state index is 12.4. The minimum Gasteiger partial charge on any atom is -0.497 e. The number of amides is 1. The predicted molar refractivity (Wildman–Crippen MR) is 112 cm³/mol. The maximum absolute atomic E-state index is 12.4. The maximum Gasteiger partial charge on any atom is 0.335 e. The summed E-state index contributed by atoms with van der Waals surface area (Å²) in [5.41, 5.74) is 1.36. The molecule has 1 heterocycles. The highest BCUT2D eigenvalue weighted by Gasteiger charge is 2.20. The van der Waals surface area contributed by atoms with Crippen molar-refractivity contribution in [2.24, 2.45) is 5.10 Å². The van der Waals surface area contributed by atoms with Crippen molar-refractivity contribution in [3.05, 3.63) is 86.6 Å². The van der Waals surface area contributed by atoms with Gasteiger partial charge in [-0.15, -0.1) is 0 Å². The SMILES string of the molecule is CC/C(=N\NC(=O)c1ccccc1)c1c(O)n(-c2ccc(OC)cc2)c(=O)[nH]c1=O. The molecular formula is C21H20N4O5. The molecule has 0 unspecified atom stereocenters. The van der Waals surface area contributed by atoms with Crippen molar-refractivity contribution in [3.63, 3.8) is 0 Å². The molecule has 30 heavy (non-hydrogen) atoms. The molecule has 0 atom stereocenters. The number of nitrogens with zero attached hydrogens (tertiary/aromatic N) is 2. The van der Waals surface area contributed by atoms with E-state index >= 15 is 0 Å². The highest BCUT2D eigenvalue weighted by Crippen LogP contribution is 2.20. The molecule has 0 saturated heterocycles. The van der Waals surface area contributed by atoms with Crippen LogP contribution in [0.4, 0.5) is 0 Å². The van der Waals surface area contributed by atoms with E-state index in [1.54, 1.807) is 61.5 Å². The van der Waals surface area contributed by atoms with Gasteiger partial charge in [0.25, 0.3) is 11.5 Å². The standard InChI is InChI=1S/C21H20N4O5/c1-3-16(23-24-18(26)13-7-5-4-6-8-13)17-19(27)22-21(29)25(20(17)28)14-9-11-15(30-2)12-10-14/h4-12,28H,3H2,1-2H3,(H,24,26)(H,22,27,29)/b23-16+. The van der Waals surface area contributed by atoms with Gasteiger partial charge < -0.3 is 9.84 Å². The zero-order valence-corrected chi connectivity index (χ0v) is 16.4. The Bertz CT molecular complexity index is 1190. The Morgan fingerprint density at radius 1 is 1.13 bits per heavy atom. The van der Waals surface area contributed by atoms with Crippen LogP contribution in [0.15, 0.2) is 69.3 Å². The van der Waals surface area contributed by atoms with Gasteiger partial charge in [-0.05, 0) is 42.8 Å². The number of benzene rings is 2. The molecule has 0 bridgehead atoms. The second kappa shape index (κ2) is 8.91. The number of rotatable bonds is 6. The van der Waals surface area contributed by atoms with Crippen LogP contribution in [0, 0.1) is 0 Å². The summed E-state index contributed by atoms with van der Waals surface area (Å²) < 4.78 is 6.03. The number of methoxy groups -OCH3 is 1. The first-order valence-corrected chi connectivity index (χ1v) is 9.11. The van der Waals surface area contributed by atoms with Crippen molar-refractivity contribution in [3.8, 4) is 17.3 Å². The zero-order chi connectivity index (χ0) is 21.7. The van der Waals surface area contributed by atoms with Crippen LogP contribution in [0.5, 0.6) is 11.6 Å². The number of aromatic hydroxyl groups is 1. The van der Waals surface area contributed by atoms with Crippen molar-refractivity contribution in [1.29, 1.82) is 0 Å². The molecule has 9 heteroatoms. The molecule has 3 rings (SSSR count). The Morgan fingerprint density at radius 3 is 2.40 bits per heavy atom. The van der Waals surface area contributed by atoms with E-state index in [2.05, 4.69) is 15.5 Å². The van der Waals surface area contributed by atoms with E-state index in [0.29, 0.717) is 17.0 Å². The van der Waals surface area contributed by atoms with Crippen molar-refractivity contribution in [2.45, 2.75) is 13.3 Å². The average molecular weight is 408 g/mol. The van der Waals surface area contributed by atoms with E-state index in [9.17, 15) is 19.5 Å². The number of carbonyl (C=O) groups excluding carboxylic acids is 1. The topological polar surface area (TPSA) is 126 Å². The predicted octanol–water partition coefficient (Wildman–Crippen LogP) is 1.78. The Kier molecular flexibility index (Phi) is 6.11. The van der Waals surface area contributed by atoms with Crippen molar-refractivity contribution >= 4 is 11.6 Å². The Labute approximate surface area is 171 Å². The van der Waals surface area contributed by atoms with E-state index in [1.807, 2.05) is 0 Å². The molecular weight excluding hydrogens is 388 g/mol. The highest BCUT2D eigenvalue weighted by atomic mass is 16.5. The molecule has 0 radical (unpaired) electrons. The monoisotopic (exact) mass is 408 g/mol. The molecule has 9 nitrogen and oxygen atoms in total. The van der Waals surface area contributed by atoms with Crippen LogP contribution in [0.2, 0.25) is 0 Å². The third-order valence-corrected chi connectivity index (χ3v) is 4.37. The van der Waals surface area contributed by atoms with Crippen LogP contribution in [0.3, 0.4) is 0 Å². The largest absolute Gasteiger partial charge is 0.497 e. The molecule has 3 aromatic rings. The van der Waals surface area contributed by atoms with Crippen molar-refractivity contribution in [1.82, 2.24) is 15.0 Å². The minimum absolute atomic E-state index is 0.111. The summed E-state index contributed by atoms with van der Waals surface area (Å²) in [5, 5.41) is 14.7. The smallest absolute Gasteiger partial charge is 0.335 e. The lowest BCUT2D eigenvalue weighted by atomic mass is 10.1. The lowest BCUT2D eigenvalue weighted by Crippen LogP contribution is -2.34. The molecule has 0 spiro atoms. The molecule has 0 saturated carbocycles. The van der Waals surface area contributed by atoms with Crippen LogP contribution in [0.1, 0.15) is 29.3 Å². The Hall–Kier alpha value is -4.14. The molecule has 1 aromatic heterocycles. The number of H-pyrrole nitrogens is 1. The summed E-state index contributed by atoms with van der Waals surface area (Å²) in [6, 6.07) is 14.8. The third kappa shape index (κ3) is 4.14. The van der Waals surface area contributed by atoms with E-state index < -0.39 is 23.0 Å². The van der Waals surface area contributed by atoms with Gasteiger partial charge in [0.05, 0.1) is 18.5 Å². The summed E-state index contributed by atoms with van der Waals surface area (Å²) in [4.78, 5) is 39.2. The summed E-state index contributed by atoms with van der Waals surface area (Å²) in [7, 11) is 1.50. The molecule has 0 aliphatic rings. The number of aromatic amines is 1. The molecule has 2 aromatic carbocycles. The number of aromatic nitrogens is 2. The van der Waals surface area contributed by atoms with Crippen LogP contribution in [-0.2, 0) is 0 Å². The number of carbonyl (C=O) groups is 1. The quantitative estimate of drug-likeness (QED) is 0.423. The molecule has 0 fully saturated rings. The summed E-state index contributed by atoms with van der Waals surface area (Å²) in [6.45, 7) is 1.70. The second-order valence-corrected chi connectivity index (χ2v) is 6.21. The normalized spacial score (nSPS) is 11.2. The average Bonchev–Trinajstić information content (AvgIpc) is 2.76. The fraction of sp³-hybridized carbons (Fsp3) is 0.143. The molecule has 0 aliphatic heterocycles. The van der Waals surface area contributed by atoms with Gasteiger partial charge in [-0.2, -0.15) is 5.10 Å². The number of hydrogen-bond acceptors (Lipinski definition) is 6. The number of nitrogens with one attached hydrogen (secondary N) is 2. The molecule has 3 N–H and O–H groups in total. The number of hydrazone groups is 1. The first kappa shape index (κ1) is 20.6.